The average Bonchev–Trinajstić information content (AvgIpc) is 2.71. The van der Waals surface area contributed by atoms with Gasteiger partial charge in [0.15, 0.2) is 0 Å². The fraction of sp³-hybridized carbons (Fsp3) is 0.615. The second kappa shape index (κ2) is 4.57. The van der Waals surface area contributed by atoms with Gasteiger partial charge < -0.3 is 9.58 Å². The van der Waals surface area contributed by atoms with E-state index < -0.39 is 5.60 Å². The van der Waals surface area contributed by atoms with Crippen molar-refractivity contribution in [3.63, 3.8) is 0 Å². The molecular weight excluding hydrogens is 244 g/mol. The number of aromatic nitrogens is 2. The fourth-order valence-electron chi connectivity index (χ4n) is 2.11. The first-order chi connectivity index (χ1) is 8.81. The predicted octanol–water partition coefficient (Wildman–Crippen LogP) is 2.75. The normalized spacial score (nSPS) is 18.7. The number of carbonyl (C=O) groups excluding carboxylic acids is 1. The van der Waals surface area contributed by atoms with Gasteiger partial charge in [-0.05, 0) is 38.9 Å². The van der Waals surface area contributed by atoms with Crippen molar-refractivity contribution in [1.82, 2.24) is 14.7 Å². The summed E-state index contributed by atoms with van der Waals surface area (Å²) in [7, 11) is 0. The number of rotatable bonds is 0. The summed E-state index contributed by atoms with van der Waals surface area (Å²) in [6.07, 6.45) is -0.322. The lowest BCUT2D eigenvalue weighted by molar-refractivity contribution is 0.0120. The largest absolute Gasteiger partial charge is 0.444 e. The molecule has 1 atom stereocenters. The third-order valence-electron chi connectivity index (χ3n) is 2.99. The minimum absolute atomic E-state index is 0.133. The Kier molecular flexibility index (Phi) is 3.23. The third-order valence-corrected chi connectivity index (χ3v) is 2.99. The van der Waals surface area contributed by atoms with Crippen LogP contribution in [0.5, 0.6) is 0 Å². The Bertz CT molecular complexity index is 536. The topological polar surface area (TPSA) is 51.7 Å². The zero-order valence-electron chi connectivity index (χ0n) is 11.7. The van der Waals surface area contributed by atoms with Gasteiger partial charge in [0.25, 0.3) is 5.82 Å². The van der Waals surface area contributed by atoms with Crippen LogP contribution in [0.15, 0.2) is 6.07 Å². The Balaban J connectivity index is 2.19. The molecule has 102 valence electrons. The number of nitrogens with zero attached hydrogens (tertiary/aromatic N) is 4. The van der Waals surface area contributed by atoms with Crippen LogP contribution in [0.25, 0.3) is 4.85 Å². The van der Waals surface area contributed by atoms with Gasteiger partial charge >= 0.3 is 6.09 Å². The van der Waals surface area contributed by atoms with E-state index in [2.05, 4.69) is 9.94 Å². The molecule has 0 unspecified atom stereocenters. The van der Waals surface area contributed by atoms with Gasteiger partial charge in [0.1, 0.15) is 5.60 Å². The molecule has 0 spiro atoms. The van der Waals surface area contributed by atoms with Crippen LogP contribution in [0.3, 0.4) is 0 Å². The molecule has 1 aliphatic heterocycles. The zero-order chi connectivity index (χ0) is 14.2. The van der Waals surface area contributed by atoms with E-state index in [9.17, 15) is 4.79 Å². The Hall–Kier alpha value is -2.03. The minimum Gasteiger partial charge on any atom is -0.444 e. The lowest BCUT2D eigenvalue weighted by Gasteiger charge is -2.34. The molecule has 1 aromatic heterocycles. The van der Waals surface area contributed by atoms with Gasteiger partial charge in [0, 0.05) is 6.54 Å². The number of carbonyl (C=O) groups is 1. The minimum atomic E-state index is -0.504. The SMILES string of the molecule is [C-]#[N+]c1cc2n(n1)CCN(C(=O)OC(C)(C)C)[C@H]2C. The molecule has 2 rings (SSSR count). The highest BCUT2D eigenvalue weighted by Crippen LogP contribution is 2.29. The first kappa shape index (κ1) is 13.4. The molecule has 0 radical (unpaired) electrons. The smallest absolute Gasteiger partial charge is 0.410 e. The van der Waals surface area contributed by atoms with Gasteiger partial charge in [-0.3, -0.25) is 4.90 Å². The van der Waals surface area contributed by atoms with Gasteiger partial charge in [0.2, 0.25) is 0 Å². The summed E-state index contributed by atoms with van der Waals surface area (Å²) in [5.74, 6) is 0.368. The first-order valence-corrected chi connectivity index (χ1v) is 6.26. The van der Waals surface area contributed by atoms with Crippen molar-refractivity contribution in [2.75, 3.05) is 6.54 Å². The van der Waals surface area contributed by atoms with Crippen molar-refractivity contribution >= 4 is 11.9 Å². The predicted molar refractivity (Wildman–Crippen MR) is 69.8 cm³/mol. The van der Waals surface area contributed by atoms with Gasteiger partial charge in [-0.2, -0.15) is 4.68 Å². The maximum atomic E-state index is 12.1. The van der Waals surface area contributed by atoms with Gasteiger partial charge in [-0.25, -0.2) is 4.79 Å². The number of hydrogen-bond acceptors (Lipinski definition) is 3. The molecular formula is C13H18N4O2. The van der Waals surface area contributed by atoms with E-state index in [1.807, 2.05) is 27.7 Å². The molecule has 0 aromatic carbocycles. The van der Waals surface area contributed by atoms with Crippen molar-refractivity contribution in [2.24, 2.45) is 0 Å². The highest BCUT2D eigenvalue weighted by atomic mass is 16.6. The van der Waals surface area contributed by atoms with E-state index in [0.29, 0.717) is 18.9 Å². The Morgan fingerprint density at radius 1 is 1.53 bits per heavy atom. The standard InChI is InChI=1S/C13H18N4O2/c1-9-10-8-11(14-5)15-17(10)7-6-16(9)12(18)19-13(2,3)4/h8-9H,6-7H2,1-4H3/t9-/m0/s1. The van der Waals surface area contributed by atoms with Crippen LogP contribution in [0, 0.1) is 6.57 Å². The van der Waals surface area contributed by atoms with E-state index in [4.69, 9.17) is 11.3 Å². The number of fused-ring (bicyclic) bond motifs is 1. The summed E-state index contributed by atoms with van der Waals surface area (Å²) in [6.45, 7) is 15.6. The fourth-order valence-corrected chi connectivity index (χ4v) is 2.11. The molecule has 0 saturated carbocycles. The van der Waals surface area contributed by atoms with Crippen LogP contribution in [0.2, 0.25) is 0 Å². The van der Waals surface area contributed by atoms with Gasteiger partial charge in [-0.1, -0.05) is 6.57 Å². The first-order valence-electron chi connectivity index (χ1n) is 6.26. The summed E-state index contributed by atoms with van der Waals surface area (Å²) in [5, 5.41) is 4.17. The van der Waals surface area contributed by atoms with E-state index in [0.717, 1.165) is 5.69 Å². The van der Waals surface area contributed by atoms with Crippen molar-refractivity contribution in [1.29, 1.82) is 0 Å². The zero-order valence-corrected chi connectivity index (χ0v) is 11.7. The van der Waals surface area contributed by atoms with Gasteiger partial charge in [-0.15, -0.1) is 0 Å². The number of hydrogen-bond donors (Lipinski definition) is 0. The van der Waals surface area contributed by atoms with Crippen LogP contribution in [-0.4, -0.2) is 32.9 Å². The molecule has 2 heterocycles. The van der Waals surface area contributed by atoms with Crippen molar-refractivity contribution in [3.8, 4) is 0 Å². The lowest BCUT2D eigenvalue weighted by Crippen LogP contribution is -2.43. The summed E-state index contributed by atoms with van der Waals surface area (Å²) in [5.41, 5.74) is 0.374. The lowest BCUT2D eigenvalue weighted by atomic mass is 10.1. The molecule has 19 heavy (non-hydrogen) atoms. The summed E-state index contributed by atoms with van der Waals surface area (Å²) in [6, 6.07) is 1.60. The highest BCUT2D eigenvalue weighted by molar-refractivity contribution is 5.69. The van der Waals surface area contributed by atoms with Gasteiger partial charge in [0.05, 0.1) is 18.3 Å². The van der Waals surface area contributed by atoms with Crippen LogP contribution in [0.1, 0.15) is 39.4 Å². The molecule has 1 aromatic rings. The summed E-state index contributed by atoms with van der Waals surface area (Å²) >= 11 is 0. The summed E-state index contributed by atoms with van der Waals surface area (Å²) in [4.78, 5) is 17.1. The summed E-state index contributed by atoms with van der Waals surface area (Å²) < 4.78 is 7.18. The van der Waals surface area contributed by atoms with E-state index >= 15 is 0 Å². The monoisotopic (exact) mass is 262 g/mol. The molecule has 0 N–H and O–H groups in total. The van der Waals surface area contributed by atoms with Crippen LogP contribution < -0.4 is 0 Å². The molecule has 0 fully saturated rings. The van der Waals surface area contributed by atoms with Crippen LogP contribution in [0.4, 0.5) is 10.6 Å². The maximum Gasteiger partial charge on any atom is 0.410 e. The number of ether oxygens (including phenoxy) is 1. The van der Waals surface area contributed by atoms with E-state index in [-0.39, 0.29) is 12.1 Å². The average molecular weight is 262 g/mol. The molecule has 1 amide bonds. The van der Waals surface area contributed by atoms with E-state index in [1.54, 1.807) is 15.6 Å². The van der Waals surface area contributed by atoms with Crippen molar-refractivity contribution < 1.29 is 9.53 Å². The molecule has 0 saturated heterocycles. The Morgan fingerprint density at radius 2 is 2.21 bits per heavy atom. The highest BCUT2D eigenvalue weighted by Gasteiger charge is 2.33. The second-order valence-corrected chi connectivity index (χ2v) is 5.61. The third kappa shape index (κ3) is 2.70. The Labute approximate surface area is 112 Å². The molecule has 6 nitrogen and oxygen atoms in total. The quantitative estimate of drug-likeness (QED) is 0.675. The Morgan fingerprint density at radius 3 is 2.79 bits per heavy atom. The van der Waals surface area contributed by atoms with Crippen LogP contribution in [-0.2, 0) is 11.3 Å². The van der Waals surface area contributed by atoms with Crippen LogP contribution >= 0.6 is 0 Å². The molecule has 0 bridgehead atoms. The maximum absolute atomic E-state index is 12.1. The molecule has 6 heteroatoms. The second-order valence-electron chi connectivity index (χ2n) is 5.61. The van der Waals surface area contributed by atoms with Crippen molar-refractivity contribution in [3.05, 3.63) is 23.2 Å². The number of amides is 1. The van der Waals surface area contributed by atoms with Crippen molar-refractivity contribution in [2.45, 2.75) is 45.9 Å². The molecule has 1 aliphatic rings. The van der Waals surface area contributed by atoms with E-state index in [1.165, 1.54) is 0 Å². The molecule has 0 aliphatic carbocycles.